The summed E-state index contributed by atoms with van der Waals surface area (Å²) in [7, 11) is -5.75. The Morgan fingerprint density at radius 3 is 2.56 bits per heavy atom. The fourth-order valence-corrected chi connectivity index (χ4v) is 4.49. The van der Waals surface area contributed by atoms with E-state index in [4.69, 9.17) is 0 Å². The third kappa shape index (κ3) is 3.13. The van der Waals surface area contributed by atoms with Gasteiger partial charge in [0.2, 0.25) is 5.88 Å². The molecule has 0 spiro atoms. The van der Waals surface area contributed by atoms with Crippen LogP contribution in [0.25, 0.3) is 0 Å². The highest BCUT2D eigenvalue weighted by Gasteiger charge is 2.50. The molecule has 5 nitrogen and oxygen atoms in total. The summed E-state index contributed by atoms with van der Waals surface area (Å²) in [6.45, 7) is 1.95. The van der Waals surface area contributed by atoms with Crippen molar-refractivity contribution in [2.75, 3.05) is 5.32 Å². The average molecular weight is 398 g/mol. The number of pyridine rings is 1. The lowest BCUT2D eigenvalue weighted by atomic mass is 9.91. The topological polar surface area (TPSA) is 68.3 Å². The molecule has 27 heavy (non-hydrogen) atoms. The number of nitrogens with one attached hydrogen (secondary N) is 1. The SMILES string of the molecule is Cc1cccc(Nc2cnc(OS(=O)(=O)C(F)(F)F)c3c2C2CCC3C2)c1. The molecule has 0 amide bonds. The lowest BCUT2D eigenvalue weighted by Gasteiger charge is -2.22. The normalized spacial score (nSPS) is 21.2. The van der Waals surface area contributed by atoms with Crippen LogP contribution in [-0.2, 0) is 10.1 Å². The van der Waals surface area contributed by atoms with Crippen molar-refractivity contribution in [1.82, 2.24) is 4.98 Å². The van der Waals surface area contributed by atoms with E-state index in [0.717, 1.165) is 36.1 Å². The fourth-order valence-electron chi connectivity index (χ4n) is 4.06. The lowest BCUT2D eigenvalue weighted by molar-refractivity contribution is -0.0501. The molecule has 2 atom stereocenters. The van der Waals surface area contributed by atoms with Crippen LogP contribution in [0.3, 0.4) is 0 Å². The van der Waals surface area contributed by atoms with Crippen LogP contribution in [0.15, 0.2) is 30.5 Å². The van der Waals surface area contributed by atoms with Crippen molar-refractivity contribution in [2.24, 2.45) is 0 Å². The molecular weight excluding hydrogens is 381 g/mol. The summed E-state index contributed by atoms with van der Waals surface area (Å²) in [6.07, 6.45) is 3.82. The molecule has 1 saturated carbocycles. The zero-order chi connectivity index (χ0) is 19.4. The van der Waals surface area contributed by atoms with Crippen molar-refractivity contribution in [1.29, 1.82) is 0 Å². The summed E-state index contributed by atoms with van der Waals surface area (Å²) >= 11 is 0. The van der Waals surface area contributed by atoms with Gasteiger partial charge in [-0.25, -0.2) is 4.98 Å². The molecule has 2 bridgehead atoms. The number of fused-ring (bicyclic) bond motifs is 5. The van der Waals surface area contributed by atoms with Gasteiger partial charge in [0.25, 0.3) is 0 Å². The first-order valence-electron chi connectivity index (χ1n) is 8.53. The van der Waals surface area contributed by atoms with Crippen LogP contribution in [0.5, 0.6) is 5.88 Å². The Morgan fingerprint density at radius 2 is 1.89 bits per heavy atom. The molecule has 2 aliphatic rings. The van der Waals surface area contributed by atoms with Crippen molar-refractivity contribution >= 4 is 21.5 Å². The summed E-state index contributed by atoms with van der Waals surface area (Å²) in [4.78, 5) is 3.92. The summed E-state index contributed by atoms with van der Waals surface area (Å²) in [5, 5.41) is 3.26. The monoisotopic (exact) mass is 398 g/mol. The minimum absolute atomic E-state index is 0.0322. The number of halogens is 3. The molecule has 0 radical (unpaired) electrons. The van der Waals surface area contributed by atoms with Crippen molar-refractivity contribution in [3.8, 4) is 5.88 Å². The second-order valence-corrected chi connectivity index (χ2v) is 8.53. The van der Waals surface area contributed by atoms with Gasteiger partial charge in [0, 0.05) is 11.3 Å². The van der Waals surface area contributed by atoms with E-state index in [1.54, 1.807) is 0 Å². The highest BCUT2D eigenvalue weighted by atomic mass is 32.2. The average Bonchev–Trinajstić information content (AvgIpc) is 3.18. The maximum absolute atomic E-state index is 12.7. The number of hydrogen-bond acceptors (Lipinski definition) is 5. The van der Waals surface area contributed by atoms with Crippen molar-refractivity contribution < 1.29 is 25.8 Å². The van der Waals surface area contributed by atoms with E-state index in [2.05, 4.69) is 14.5 Å². The van der Waals surface area contributed by atoms with Gasteiger partial charge in [-0.05, 0) is 61.3 Å². The number of aryl methyl sites for hydroxylation is 1. The predicted octanol–water partition coefficient (Wildman–Crippen LogP) is 4.73. The van der Waals surface area contributed by atoms with Gasteiger partial charge in [0.1, 0.15) is 0 Å². The molecule has 4 rings (SSSR count). The molecule has 2 aliphatic carbocycles. The van der Waals surface area contributed by atoms with E-state index in [-0.39, 0.29) is 11.8 Å². The van der Waals surface area contributed by atoms with Gasteiger partial charge in [-0.1, -0.05) is 12.1 Å². The lowest BCUT2D eigenvalue weighted by Crippen LogP contribution is -2.29. The fraction of sp³-hybridized carbons (Fsp3) is 0.389. The Bertz CT molecular complexity index is 1010. The maximum Gasteiger partial charge on any atom is 0.534 e. The third-order valence-electron chi connectivity index (χ3n) is 5.14. The van der Waals surface area contributed by atoms with E-state index < -0.39 is 21.5 Å². The number of alkyl halides is 3. The van der Waals surface area contributed by atoms with E-state index in [1.165, 1.54) is 6.20 Å². The summed E-state index contributed by atoms with van der Waals surface area (Å²) in [5.74, 6) is -0.323. The van der Waals surface area contributed by atoms with Crippen molar-refractivity contribution in [3.63, 3.8) is 0 Å². The van der Waals surface area contributed by atoms with Crippen LogP contribution in [0.2, 0.25) is 0 Å². The summed E-state index contributed by atoms with van der Waals surface area (Å²) < 4.78 is 65.4. The standard InChI is InChI=1S/C18H17F3N2O3S/c1-10-3-2-4-13(7-10)23-14-9-22-17(26-27(24,25)18(19,20)21)16-12-6-5-11(8-12)15(14)16/h2-4,7,9,11-12,23H,5-6,8H2,1H3. The van der Waals surface area contributed by atoms with E-state index in [9.17, 15) is 21.6 Å². The predicted molar refractivity (Wildman–Crippen MR) is 93.6 cm³/mol. The molecule has 0 aliphatic heterocycles. The van der Waals surface area contributed by atoms with Gasteiger partial charge in [-0.3, -0.25) is 0 Å². The highest BCUT2D eigenvalue weighted by molar-refractivity contribution is 7.87. The molecule has 1 aromatic carbocycles. The number of rotatable bonds is 4. The van der Waals surface area contributed by atoms with Crippen LogP contribution in [0, 0.1) is 6.92 Å². The van der Waals surface area contributed by atoms with Gasteiger partial charge in [-0.15, -0.1) is 0 Å². The largest absolute Gasteiger partial charge is 0.534 e. The Kier molecular flexibility index (Phi) is 4.10. The molecule has 144 valence electrons. The minimum Gasteiger partial charge on any atom is -0.355 e. The first-order valence-corrected chi connectivity index (χ1v) is 9.94. The number of nitrogens with zero attached hydrogens (tertiary/aromatic N) is 1. The number of hydrogen-bond donors (Lipinski definition) is 1. The van der Waals surface area contributed by atoms with E-state index in [1.807, 2.05) is 31.2 Å². The first kappa shape index (κ1) is 18.1. The zero-order valence-electron chi connectivity index (χ0n) is 14.4. The Hall–Kier alpha value is -2.29. The molecule has 2 aromatic rings. The molecule has 1 fully saturated rings. The van der Waals surface area contributed by atoms with Crippen LogP contribution in [-0.4, -0.2) is 18.9 Å². The molecule has 2 unspecified atom stereocenters. The van der Waals surface area contributed by atoms with E-state index >= 15 is 0 Å². The molecule has 1 aromatic heterocycles. The third-order valence-corrected chi connectivity index (χ3v) is 6.08. The number of aromatic nitrogens is 1. The molecule has 1 N–H and O–H groups in total. The second kappa shape index (κ2) is 6.12. The minimum atomic E-state index is -5.75. The summed E-state index contributed by atoms with van der Waals surface area (Å²) in [5.41, 5.74) is -1.62. The molecule has 0 saturated heterocycles. The van der Waals surface area contributed by atoms with Gasteiger partial charge in [0.05, 0.1) is 11.9 Å². The highest BCUT2D eigenvalue weighted by Crippen LogP contribution is 2.58. The van der Waals surface area contributed by atoms with E-state index in [0.29, 0.717) is 11.3 Å². The molecule has 1 heterocycles. The molecular formula is C18H17F3N2O3S. The van der Waals surface area contributed by atoms with Crippen LogP contribution >= 0.6 is 0 Å². The van der Waals surface area contributed by atoms with Gasteiger partial charge < -0.3 is 9.50 Å². The van der Waals surface area contributed by atoms with Gasteiger partial charge in [-0.2, -0.15) is 21.6 Å². The molecule has 9 heteroatoms. The van der Waals surface area contributed by atoms with Gasteiger partial charge >= 0.3 is 15.6 Å². The second-order valence-electron chi connectivity index (χ2n) is 6.99. The smallest absolute Gasteiger partial charge is 0.355 e. The summed E-state index contributed by atoms with van der Waals surface area (Å²) in [6, 6.07) is 7.67. The zero-order valence-corrected chi connectivity index (χ0v) is 15.2. The van der Waals surface area contributed by atoms with Gasteiger partial charge in [0.15, 0.2) is 0 Å². The maximum atomic E-state index is 12.7. The Labute approximate surface area is 154 Å². The number of benzene rings is 1. The van der Waals surface area contributed by atoms with Crippen LogP contribution in [0.1, 0.15) is 47.8 Å². The Balaban J connectivity index is 1.75. The Morgan fingerprint density at radius 1 is 1.19 bits per heavy atom. The van der Waals surface area contributed by atoms with Crippen LogP contribution < -0.4 is 9.50 Å². The van der Waals surface area contributed by atoms with Crippen LogP contribution in [0.4, 0.5) is 24.5 Å². The first-order chi connectivity index (χ1) is 12.7. The van der Waals surface area contributed by atoms with Crippen molar-refractivity contribution in [2.45, 2.75) is 43.5 Å². The quantitative estimate of drug-likeness (QED) is 0.596. The number of anilines is 2. The van der Waals surface area contributed by atoms with Crippen molar-refractivity contribution in [3.05, 3.63) is 47.2 Å².